The van der Waals surface area contributed by atoms with Crippen LogP contribution >= 0.6 is 0 Å². The molecule has 0 aliphatic heterocycles. The SMILES string of the molecule is [2H]C=CC(C)=CCCC. The predicted molar refractivity (Wildman–Crippen MR) is 38.9 cm³/mol. The molecule has 0 saturated carbocycles. The number of hydrogen-bond acceptors (Lipinski definition) is 0. The summed E-state index contributed by atoms with van der Waals surface area (Å²) < 4.78 is 6.75. The summed E-state index contributed by atoms with van der Waals surface area (Å²) >= 11 is 0. The van der Waals surface area contributed by atoms with E-state index in [0.29, 0.717) is 0 Å². The Labute approximate surface area is 53.3 Å². The highest BCUT2D eigenvalue weighted by molar-refractivity contribution is 5.12. The first-order valence-corrected chi connectivity index (χ1v) is 3.03. The maximum atomic E-state index is 6.75. The van der Waals surface area contributed by atoms with Crippen LogP contribution in [0.2, 0.25) is 0 Å². The summed E-state index contributed by atoms with van der Waals surface area (Å²) in [7, 11) is 0. The Balaban J connectivity index is 3.55. The van der Waals surface area contributed by atoms with Crippen molar-refractivity contribution >= 4 is 0 Å². The highest BCUT2D eigenvalue weighted by Gasteiger charge is 1.76. The minimum absolute atomic E-state index is 1.12. The first-order chi connectivity index (χ1) is 4.31. The van der Waals surface area contributed by atoms with E-state index in [1.165, 1.54) is 18.5 Å². The van der Waals surface area contributed by atoms with Crippen molar-refractivity contribution in [1.82, 2.24) is 0 Å². The van der Waals surface area contributed by atoms with Crippen molar-refractivity contribution in [1.29, 1.82) is 0 Å². The van der Waals surface area contributed by atoms with Crippen LogP contribution < -0.4 is 0 Å². The molecule has 0 aliphatic carbocycles. The average molecular weight is 111 g/mol. The van der Waals surface area contributed by atoms with Gasteiger partial charge in [-0.1, -0.05) is 37.6 Å². The summed E-state index contributed by atoms with van der Waals surface area (Å²) in [4.78, 5) is 0. The molecule has 0 aromatic carbocycles. The Hall–Kier alpha value is -0.520. The molecule has 0 heterocycles. The molecule has 0 radical (unpaired) electrons. The van der Waals surface area contributed by atoms with Gasteiger partial charge in [-0.25, -0.2) is 0 Å². The molecule has 0 aliphatic rings. The standard InChI is InChI=1S/C8H14/c1-4-6-7-8(3)5-2/h5,7H,2,4,6H2,1,3H3/i2D. The van der Waals surface area contributed by atoms with E-state index in [-0.39, 0.29) is 0 Å². The summed E-state index contributed by atoms with van der Waals surface area (Å²) in [6.45, 7) is 5.48. The largest absolute Gasteiger partial charge is 0.0988 e. The summed E-state index contributed by atoms with van der Waals surface area (Å²) in [6, 6.07) is 0. The number of allylic oxidation sites excluding steroid dienone is 3. The van der Waals surface area contributed by atoms with Crippen LogP contribution in [-0.2, 0) is 0 Å². The lowest BCUT2D eigenvalue weighted by Gasteiger charge is -1.87. The minimum atomic E-state index is 1.12. The Morgan fingerprint density at radius 1 is 1.88 bits per heavy atom. The molecule has 0 unspecified atom stereocenters. The van der Waals surface area contributed by atoms with Crippen molar-refractivity contribution in [3.63, 3.8) is 0 Å². The van der Waals surface area contributed by atoms with Gasteiger partial charge in [0.2, 0.25) is 0 Å². The summed E-state index contributed by atoms with van der Waals surface area (Å²) in [5.74, 6) is 0. The van der Waals surface area contributed by atoms with Gasteiger partial charge in [0.25, 0.3) is 0 Å². The second kappa shape index (κ2) is 4.63. The van der Waals surface area contributed by atoms with Crippen molar-refractivity contribution in [2.24, 2.45) is 0 Å². The van der Waals surface area contributed by atoms with E-state index in [1.807, 2.05) is 6.92 Å². The number of rotatable bonds is 3. The number of hydrogen-bond donors (Lipinski definition) is 0. The van der Waals surface area contributed by atoms with Crippen LogP contribution in [0.15, 0.2) is 24.3 Å². The second-order valence-corrected chi connectivity index (χ2v) is 1.90. The zero-order valence-corrected chi connectivity index (χ0v) is 5.65. The lowest BCUT2D eigenvalue weighted by Crippen LogP contribution is -1.66. The lowest BCUT2D eigenvalue weighted by atomic mass is 10.2. The van der Waals surface area contributed by atoms with Crippen molar-refractivity contribution in [3.05, 3.63) is 24.3 Å². The van der Waals surface area contributed by atoms with Crippen molar-refractivity contribution in [2.45, 2.75) is 26.7 Å². The van der Waals surface area contributed by atoms with Crippen LogP contribution in [0.5, 0.6) is 0 Å². The van der Waals surface area contributed by atoms with Crippen LogP contribution in [-0.4, -0.2) is 0 Å². The molecule has 0 rings (SSSR count). The third-order valence-corrected chi connectivity index (χ3v) is 1.02. The van der Waals surface area contributed by atoms with Gasteiger partial charge in [-0.2, -0.15) is 0 Å². The monoisotopic (exact) mass is 111 g/mol. The quantitative estimate of drug-likeness (QED) is 0.491. The predicted octanol–water partition coefficient (Wildman–Crippen LogP) is 2.92. The molecule has 0 saturated heterocycles. The highest BCUT2D eigenvalue weighted by atomic mass is 13.8. The lowest BCUT2D eigenvalue weighted by molar-refractivity contribution is 0.952. The topological polar surface area (TPSA) is 0 Å². The Morgan fingerprint density at radius 2 is 2.62 bits per heavy atom. The van der Waals surface area contributed by atoms with E-state index in [0.717, 1.165) is 6.42 Å². The molecule has 0 nitrogen and oxygen atoms in total. The molecule has 46 valence electrons. The van der Waals surface area contributed by atoms with Crippen molar-refractivity contribution in [3.8, 4) is 0 Å². The van der Waals surface area contributed by atoms with Gasteiger partial charge in [0.05, 0.1) is 1.37 Å². The molecular weight excluding hydrogens is 96.1 g/mol. The van der Waals surface area contributed by atoms with Crippen molar-refractivity contribution in [2.75, 3.05) is 0 Å². The van der Waals surface area contributed by atoms with Gasteiger partial charge in [0, 0.05) is 0 Å². The minimum Gasteiger partial charge on any atom is -0.0988 e. The fourth-order valence-corrected chi connectivity index (χ4v) is 0.440. The van der Waals surface area contributed by atoms with Crippen LogP contribution in [0.25, 0.3) is 0 Å². The Morgan fingerprint density at radius 3 is 3.12 bits per heavy atom. The third kappa shape index (κ3) is 3.66. The maximum absolute atomic E-state index is 6.75. The molecule has 8 heavy (non-hydrogen) atoms. The smallest absolute Gasteiger partial charge is 0.0538 e. The summed E-state index contributed by atoms with van der Waals surface area (Å²) in [5.41, 5.74) is 1.19. The molecule has 0 aromatic rings. The van der Waals surface area contributed by atoms with Crippen LogP contribution in [0.4, 0.5) is 0 Å². The second-order valence-electron chi connectivity index (χ2n) is 1.90. The third-order valence-electron chi connectivity index (χ3n) is 1.02. The maximum Gasteiger partial charge on any atom is 0.0538 e. The van der Waals surface area contributed by atoms with E-state index >= 15 is 0 Å². The Bertz CT molecular complexity index is 112. The van der Waals surface area contributed by atoms with Gasteiger partial charge >= 0.3 is 0 Å². The molecule has 0 amide bonds. The molecule has 0 fully saturated rings. The first-order valence-electron chi connectivity index (χ1n) is 3.60. The van der Waals surface area contributed by atoms with Gasteiger partial charge in [0.1, 0.15) is 0 Å². The average Bonchev–Trinajstić information content (AvgIpc) is 1.85. The van der Waals surface area contributed by atoms with Crippen LogP contribution in [0.1, 0.15) is 28.1 Å². The van der Waals surface area contributed by atoms with E-state index < -0.39 is 0 Å². The van der Waals surface area contributed by atoms with Crippen molar-refractivity contribution < 1.29 is 1.37 Å². The summed E-state index contributed by atoms with van der Waals surface area (Å²) in [6.07, 6.45) is 6.25. The van der Waals surface area contributed by atoms with E-state index in [9.17, 15) is 0 Å². The fourth-order valence-electron chi connectivity index (χ4n) is 0.440. The fraction of sp³-hybridized carbons (Fsp3) is 0.500. The molecule has 0 heteroatoms. The van der Waals surface area contributed by atoms with Gasteiger partial charge in [-0.05, 0) is 13.3 Å². The van der Waals surface area contributed by atoms with Gasteiger partial charge < -0.3 is 0 Å². The molecule has 0 aromatic heterocycles. The first kappa shape index (κ1) is 5.61. The highest BCUT2D eigenvalue weighted by Crippen LogP contribution is 1.96. The van der Waals surface area contributed by atoms with Gasteiger partial charge in [0.15, 0.2) is 0 Å². The molecular formula is C8H14. The molecule has 0 atom stereocenters. The van der Waals surface area contributed by atoms with E-state index in [4.69, 9.17) is 1.37 Å². The van der Waals surface area contributed by atoms with Gasteiger partial charge in [-0.3, -0.25) is 0 Å². The van der Waals surface area contributed by atoms with Crippen LogP contribution in [0, 0.1) is 0 Å². The van der Waals surface area contributed by atoms with Crippen LogP contribution in [0.3, 0.4) is 0 Å². The Kier molecular flexibility index (Phi) is 3.25. The zero-order chi connectivity index (χ0) is 7.11. The zero-order valence-electron chi connectivity index (χ0n) is 6.65. The molecule has 0 bridgehead atoms. The number of unbranched alkanes of at least 4 members (excludes halogenated alkanes) is 1. The normalized spacial score (nSPS) is 14.8. The van der Waals surface area contributed by atoms with Gasteiger partial charge in [-0.15, -0.1) is 0 Å². The van der Waals surface area contributed by atoms with E-state index in [2.05, 4.69) is 13.0 Å². The summed E-state index contributed by atoms with van der Waals surface area (Å²) in [5, 5.41) is 0. The van der Waals surface area contributed by atoms with E-state index in [1.54, 1.807) is 6.08 Å². The molecule has 0 spiro atoms. The molecule has 0 N–H and O–H groups in total.